The number of aliphatic carboxylic acids is 1. The Labute approximate surface area is 171 Å². The Bertz CT molecular complexity index is 685. The van der Waals surface area contributed by atoms with Gasteiger partial charge in [0, 0.05) is 13.0 Å². The Morgan fingerprint density at radius 2 is 1.72 bits per heavy atom. The molecule has 0 unspecified atom stereocenters. The zero-order chi connectivity index (χ0) is 22.0. The van der Waals surface area contributed by atoms with Crippen LogP contribution in [0.3, 0.4) is 0 Å². The van der Waals surface area contributed by atoms with Gasteiger partial charge in [-0.3, -0.25) is 14.4 Å². The van der Waals surface area contributed by atoms with Crippen LogP contribution in [0.25, 0.3) is 0 Å². The third-order valence-electron chi connectivity index (χ3n) is 4.48. The van der Waals surface area contributed by atoms with Crippen molar-refractivity contribution in [1.29, 1.82) is 0 Å². The van der Waals surface area contributed by atoms with Crippen LogP contribution in [0.2, 0.25) is 0 Å². The first kappa shape index (κ1) is 24.4. The summed E-state index contributed by atoms with van der Waals surface area (Å²) in [4.78, 5) is 35.9. The second-order valence-electron chi connectivity index (χ2n) is 8.01. The number of amides is 2. The highest BCUT2D eigenvalue weighted by atomic mass is 19.1. The van der Waals surface area contributed by atoms with Crippen LogP contribution in [-0.4, -0.2) is 42.6 Å². The third kappa shape index (κ3) is 8.93. The van der Waals surface area contributed by atoms with E-state index in [9.17, 15) is 18.8 Å². The maximum atomic E-state index is 12.9. The van der Waals surface area contributed by atoms with Crippen LogP contribution in [0.1, 0.15) is 46.5 Å². The van der Waals surface area contributed by atoms with E-state index in [1.54, 1.807) is 0 Å². The number of likely N-dealkylation sites (N-methyl/N-ethyl adjacent to an activating group) is 1. The van der Waals surface area contributed by atoms with Crippen molar-refractivity contribution in [2.45, 2.75) is 52.5 Å². The molecule has 0 radical (unpaired) electrons. The lowest BCUT2D eigenvalue weighted by molar-refractivity contribution is -0.142. The molecule has 0 aliphatic carbocycles. The molecule has 1 aromatic rings. The molecular formula is C21H31FN2O5. The molecule has 2 atom stereocenters. The summed E-state index contributed by atoms with van der Waals surface area (Å²) in [6.45, 7) is 5.85. The molecule has 0 saturated heterocycles. The van der Waals surface area contributed by atoms with E-state index in [1.807, 2.05) is 20.8 Å². The Morgan fingerprint density at radius 3 is 2.24 bits per heavy atom. The van der Waals surface area contributed by atoms with Crippen molar-refractivity contribution in [2.75, 3.05) is 13.7 Å². The quantitative estimate of drug-likeness (QED) is 0.487. The van der Waals surface area contributed by atoms with Crippen molar-refractivity contribution in [1.82, 2.24) is 10.6 Å². The van der Waals surface area contributed by atoms with Crippen molar-refractivity contribution < 1.29 is 28.6 Å². The number of ether oxygens (including phenoxy) is 1. The fourth-order valence-electron chi connectivity index (χ4n) is 2.83. The lowest BCUT2D eigenvalue weighted by Crippen LogP contribution is -2.54. The van der Waals surface area contributed by atoms with Gasteiger partial charge < -0.3 is 20.5 Å². The number of carboxylic acids is 1. The fourth-order valence-corrected chi connectivity index (χ4v) is 2.83. The highest BCUT2D eigenvalue weighted by molar-refractivity contribution is 5.90. The number of unbranched alkanes of at least 4 members (excludes halogenated alkanes) is 1. The minimum atomic E-state index is -1.07. The number of carbonyl (C=O) groups is 3. The summed E-state index contributed by atoms with van der Waals surface area (Å²) < 4.78 is 18.4. The molecular weight excluding hydrogens is 379 g/mol. The van der Waals surface area contributed by atoms with Crippen LogP contribution in [0.4, 0.5) is 4.39 Å². The predicted octanol–water partition coefficient (Wildman–Crippen LogP) is 2.74. The van der Waals surface area contributed by atoms with Gasteiger partial charge in [0.25, 0.3) is 0 Å². The molecule has 7 nitrogen and oxygen atoms in total. The molecule has 8 heteroatoms. The molecule has 3 N–H and O–H groups in total. The van der Waals surface area contributed by atoms with E-state index in [0.29, 0.717) is 31.6 Å². The Hall–Kier alpha value is -2.64. The minimum Gasteiger partial charge on any atom is -0.494 e. The highest BCUT2D eigenvalue weighted by Gasteiger charge is 2.34. The molecule has 0 spiro atoms. The monoisotopic (exact) mass is 410 g/mol. The largest absolute Gasteiger partial charge is 0.494 e. The summed E-state index contributed by atoms with van der Waals surface area (Å²) in [6.07, 6.45) is 1.23. The van der Waals surface area contributed by atoms with Gasteiger partial charge in [0.1, 0.15) is 17.6 Å². The molecule has 0 aliphatic rings. The fraction of sp³-hybridized carbons (Fsp3) is 0.571. The first-order chi connectivity index (χ1) is 13.5. The van der Waals surface area contributed by atoms with Crippen molar-refractivity contribution >= 4 is 17.8 Å². The van der Waals surface area contributed by atoms with E-state index in [2.05, 4.69) is 10.6 Å². The Balaban J connectivity index is 2.59. The van der Waals surface area contributed by atoms with E-state index < -0.39 is 29.3 Å². The van der Waals surface area contributed by atoms with E-state index >= 15 is 0 Å². The summed E-state index contributed by atoms with van der Waals surface area (Å²) in [5.41, 5.74) is -0.521. The molecule has 162 valence electrons. The molecule has 0 bridgehead atoms. The highest BCUT2D eigenvalue weighted by Crippen LogP contribution is 2.21. The van der Waals surface area contributed by atoms with E-state index in [0.717, 1.165) is 0 Å². The number of halogens is 1. The van der Waals surface area contributed by atoms with Crippen molar-refractivity contribution in [2.24, 2.45) is 11.3 Å². The molecule has 1 aromatic carbocycles. The van der Waals surface area contributed by atoms with Gasteiger partial charge in [-0.05, 0) is 48.9 Å². The second-order valence-corrected chi connectivity index (χ2v) is 8.01. The number of benzene rings is 1. The first-order valence-electron chi connectivity index (χ1n) is 9.66. The van der Waals surface area contributed by atoms with Crippen molar-refractivity contribution in [3.05, 3.63) is 30.1 Å². The van der Waals surface area contributed by atoms with Gasteiger partial charge >= 0.3 is 5.97 Å². The summed E-state index contributed by atoms with van der Waals surface area (Å²) in [7, 11) is 1.49. The average molecular weight is 410 g/mol. The SMILES string of the molecule is CNC(=O)[C@@H](NC(=O)[C@H](CCCCOc1ccc(F)cc1)CC(=O)O)C(C)(C)C. The number of nitrogens with one attached hydrogen (secondary N) is 2. The maximum absolute atomic E-state index is 12.9. The first-order valence-corrected chi connectivity index (χ1v) is 9.66. The number of rotatable bonds is 11. The molecule has 1 rings (SSSR count). The van der Waals surface area contributed by atoms with E-state index in [1.165, 1.54) is 31.3 Å². The van der Waals surface area contributed by atoms with Gasteiger partial charge in [-0.15, -0.1) is 0 Å². The van der Waals surface area contributed by atoms with Crippen LogP contribution >= 0.6 is 0 Å². The van der Waals surface area contributed by atoms with Crippen LogP contribution < -0.4 is 15.4 Å². The number of hydrogen-bond donors (Lipinski definition) is 3. The van der Waals surface area contributed by atoms with Crippen molar-refractivity contribution in [3.63, 3.8) is 0 Å². The molecule has 0 saturated carbocycles. The maximum Gasteiger partial charge on any atom is 0.304 e. The normalized spacial score (nSPS) is 13.3. The lowest BCUT2D eigenvalue weighted by Gasteiger charge is -2.31. The number of carbonyl (C=O) groups excluding carboxylic acids is 2. The van der Waals surface area contributed by atoms with Crippen molar-refractivity contribution in [3.8, 4) is 5.75 Å². The van der Waals surface area contributed by atoms with Crippen LogP contribution in [-0.2, 0) is 14.4 Å². The molecule has 0 aliphatic heterocycles. The van der Waals surface area contributed by atoms with Crippen LogP contribution in [0, 0.1) is 17.2 Å². The number of hydrogen-bond acceptors (Lipinski definition) is 4. The van der Waals surface area contributed by atoms with Gasteiger partial charge in [0.05, 0.1) is 13.0 Å². The Kier molecular flexibility index (Phi) is 9.58. The third-order valence-corrected chi connectivity index (χ3v) is 4.48. The topological polar surface area (TPSA) is 105 Å². The summed E-state index contributed by atoms with van der Waals surface area (Å²) in [5.74, 6) is -2.38. The standard InChI is InChI=1S/C21H31FN2O5/c1-21(2,3)18(20(28)23-4)24-19(27)14(13-17(25)26)7-5-6-12-29-16-10-8-15(22)9-11-16/h8-11,14,18H,5-7,12-13H2,1-4H3,(H,23,28)(H,24,27)(H,25,26)/t14-,18-/m1/s1. The molecule has 29 heavy (non-hydrogen) atoms. The zero-order valence-electron chi connectivity index (χ0n) is 17.5. The molecule has 2 amide bonds. The Morgan fingerprint density at radius 1 is 1.10 bits per heavy atom. The lowest BCUT2D eigenvalue weighted by atomic mass is 9.85. The van der Waals surface area contributed by atoms with Gasteiger partial charge in [-0.1, -0.05) is 20.8 Å². The van der Waals surface area contributed by atoms with Gasteiger partial charge in [-0.25, -0.2) is 4.39 Å². The molecule has 0 heterocycles. The van der Waals surface area contributed by atoms with Crippen LogP contribution in [0.5, 0.6) is 5.75 Å². The van der Waals surface area contributed by atoms with Crippen LogP contribution in [0.15, 0.2) is 24.3 Å². The van der Waals surface area contributed by atoms with Gasteiger partial charge in [0.2, 0.25) is 11.8 Å². The summed E-state index contributed by atoms with van der Waals surface area (Å²) in [6, 6.07) is 4.91. The average Bonchev–Trinajstić information content (AvgIpc) is 2.64. The van der Waals surface area contributed by atoms with Gasteiger partial charge in [-0.2, -0.15) is 0 Å². The second kappa shape index (κ2) is 11.4. The van der Waals surface area contributed by atoms with Gasteiger partial charge in [0.15, 0.2) is 0 Å². The summed E-state index contributed by atoms with van der Waals surface area (Å²) in [5, 5.41) is 14.4. The van der Waals surface area contributed by atoms with E-state index in [-0.39, 0.29) is 18.1 Å². The molecule has 0 aromatic heterocycles. The summed E-state index contributed by atoms with van der Waals surface area (Å²) >= 11 is 0. The minimum absolute atomic E-state index is 0.310. The smallest absolute Gasteiger partial charge is 0.304 e. The van der Waals surface area contributed by atoms with E-state index in [4.69, 9.17) is 9.84 Å². The predicted molar refractivity (Wildman–Crippen MR) is 107 cm³/mol. The molecule has 0 fully saturated rings. The zero-order valence-corrected chi connectivity index (χ0v) is 17.5. The number of carboxylic acid groups (broad SMARTS) is 1.